The first-order chi connectivity index (χ1) is 17.5. The first-order valence-corrected chi connectivity index (χ1v) is 13.0. The van der Waals surface area contributed by atoms with E-state index in [9.17, 15) is 10.1 Å². The van der Waals surface area contributed by atoms with Crippen molar-refractivity contribution in [1.29, 1.82) is 5.26 Å². The molecule has 2 aromatic carbocycles. The zero-order valence-electron chi connectivity index (χ0n) is 20.7. The predicted octanol–water partition coefficient (Wildman–Crippen LogP) is 4.95. The van der Waals surface area contributed by atoms with Crippen LogP contribution in [-0.4, -0.2) is 53.5 Å². The molecule has 1 aliphatic carbocycles. The van der Waals surface area contributed by atoms with Crippen molar-refractivity contribution < 1.29 is 14.3 Å². The Bertz CT molecular complexity index is 1310. The van der Waals surface area contributed by atoms with Crippen molar-refractivity contribution in [2.75, 3.05) is 20.2 Å². The molecule has 5 rings (SSSR count). The topological polar surface area (TPSA) is 100 Å². The van der Waals surface area contributed by atoms with Gasteiger partial charge in [0.15, 0.2) is 0 Å². The van der Waals surface area contributed by atoms with Crippen molar-refractivity contribution in [3.63, 3.8) is 0 Å². The van der Waals surface area contributed by atoms with Crippen LogP contribution in [0.15, 0.2) is 36.4 Å². The molecule has 0 bridgehead atoms. The van der Waals surface area contributed by atoms with Crippen LogP contribution in [0.5, 0.6) is 5.75 Å². The number of likely N-dealkylation sites (tertiary alicyclic amines) is 1. The van der Waals surface area contributed by atoms with E-state index >= 15 is 0 Å². The number of nitrogens with one attached hydrogen (secondary N) is 1. The van der Waals surface area contributed by atoms with Crippen LogP contribution in [0.4, 0.5) is 4.79 Å². The number of fused-ring (bicyclic) bond motifs is 1. The quantitative estimate of drug-likeness (QED) is 0.511. The van der Waals surface area contributed by atoms with Gasteiger partial charge >= 0.3 is 6.03 Å². The lowest BCUT2D eigenvalue weighted by atomic mass is 10.0. The van der Waals surface area contributed by atoms with Gasteiger partial charge in [0.05, 0.1) is 23.8 Å². The van der Waals surface area contributed by atoms with Crippen molar-refractivity contribution >= 4 is 17.4 Å². The summed E-state index contributed by atoms with van der Waals surface area (Å²) in [4.78, 5) is 14.7. The fourth-order valence-corrected chi connectivity index (χ4v) is 5.80. The highest BCUT2D eigenvalue weighted by Crippen LogP contribution is 2.40. The lowest BCUT2D eigenvalue weighted by Crippen LogP contribution is -2.40. The van der Waals surface area contributed by atoms with Gasteiger partial charge in [-0.25, -0.2) is 4.79 Å². The largest absolute Gasteiger partial charge is 0.490 e. The molecule has 1 aromatic heterocycles. The number of ether oxygens (including phenoxy) is 2. The van der Waals surface area contributed by atoms with Crippen molar-refractivity contribution in [3.05, 3.63) is 53.1 Å². The molecule has 1 N–H and O–H groups in total. The summed E-state index contributed by atoms with van der Waals surface area (Å²) in [6, 6.07) is 13.9. The Labute approximate surface area is 214 Å². The van der Waals surface area contributed by atoms with Gasteiger partial charge in [-0.1, -0.05) is 29.5 Å². The maximum atomic E-state index is 12.8. The third-order valence-electron chi connectivity index (χ3n) is 6.70. The summed E-state index contributed by atoms with van der Waals surface area (Å²) in [5.41, 5.74) is 4.71. The van der Waals surface area contributed by atoms with E-state index in [1.165, 1.54) is 16.9 Å². The average Bonchev–Trinajstić information content (AvgIpc) is 3.64. The molecule has 1 fully saturated rings. The van der Waals surface area contributed by atoms with E-state index in [1.807, 2.05) is 36.9 Å². The zero-order chi connectivity index (χ0) is 25.2. The molecule has 0 spiro atoms. The molecule has 9 heteroatoms. The number of nitriles is 1. The van der Waals surface area contributed by atoms with Crippen molar-refractivity contribution in [2.45, 2.75) is 51.4 Å². The number of urea groups is 1. The van der Waals surface area contributed by atoms with Crippen LogP contribution in [0, 0.1) is 11.3 Å². The van der Waals surface area contributed by atoms with Gasteiger partial charge in [0.2, 0.25) is 0 Å². The van der Waals surface area contributed by atoms with Crippen LogP contribution >= 0.6 is 11.3 Å². The fourth-order valence-electron chi connectivity index (χ4n) is 4.91. The summed E-state index contributed by atoms with van der Waals surface area (Å²) in [6.45, 7) is 5.22. The highest BCUT2D eigenvalue weighted by Gasteiger charge is 2.31. The van der Waals surface area contributed by atoms with Crippen LogP contribution in [0.25, 0.3) is 21.1 Å². The molecule has 2 amide bonds. The minimum atomic E-state index is -0.0332. The van der Waals surface area contributed by atoms with Crippen LogP contribution in [0.2, 0.25) is 0 Å². The van der Waals surface area contributed by atoms with Crippen molar-refractivity contribution in [3.8, 4) is 33.0 Å². The number of carbonyl (C=O) groups excluding carboxylic acids is 1. The monoisotopic (exact) mass is 503 g/mol. The number of rotatable bonds is 6. The number of benzene rings is 2. The highest BCUT2D eigenvalue weighted by atomic mass is 32.1. The first kappa shape index (κ1) is 24.2. The van der Waals surface area contributed by atoms with E-state index in [4.69, 9.17) is 9.47 Å². The maximum absolute atomic E-state index is 12.8. The molecule has 1 saturated heterocycles. The summed E-state index contributed by atoms with van der Waals surface area (Å²) < 4.78 is 11.1. The van der Waals surface area contributed by atoms with Crippen LogP contribution in [0.3, 0.4) is 0 Å². The fraction of sp³-hybridized carbons (Fsp3) is 0.407. The number of nitrogens with zero attached hydrogens (tertiary/aromatic N) is 4. The van der Waals surface area contributed by atoms with Gasteiger partial charge in [-0.05, 0) is 62.4 Å². The lowest BCUT2D eigenvalue weighted by Gasteiger charge is -2.21. The van der Waals surface area contributed by atoms with E-state index in [0.717, 1.165) is 52.5 Å². The second-order valence-electron chi connectivity index (χ2n) is 9.41. The summed E-state index contributed by atoms with van der Waals surface area (Å²) >= 11 is 1.50. The average molecular weight is 504 g/mol. The number of methoxy groups -OCH3 is 1. The second kappa shape index (κ2) is 10.2. The van der Waals surface area contributed by atoms with E-state index in [-0.39, 0.29) is 24.3 Å². The summed E-state index contributed by atoms with van der Waals surface area (Å²) in [6.07, 6.45) is 2.70. The molecule has 2 atom stereocenters. The Balaban J connectivity index is 1.35. The van der Waals surface area contributed by atoms with Crippen LogP contribution in [-0.2, 0) is 11.2 Å². The molecule has 8 nitrogen and oxygen atoms in total. The Morgan fingerprint density at radius 2 is 2.06 bits per heavy atom. The Hall–Kier alpha value is -3.48. The van der Waals surface area contributed by atoms with Gasteiger partial charge in [0, 0.05) is 31.3 Å². The van der Waals surface area contributed by atoms with Crippen molar-refractivity contribution in [2.24, 2.45) is 0 Å². The van der Waals surface area contributed by atoms with E-state index in [0.29, 0.717) is 17.9 Å². The van der Waals surface area contributed by atoms with E-state index in [1.54, 1.807) is 13.2 Å². The number of amides is 2. The van der Waals surface area contributed by atoms with E-state index in [2.05, 4.69) is 33.7 Å². The SMILES string of the molecule is COC1CCN(C(=O)NC2CCc3c(-c4nnc(-c5ccc(OC(C)C)c(C#N)c5)s4)cccc32)C1. The zero-order valence-corrected chi connectivity index (χ0v) is 21.5. The van der Waals surface area contributed by atoms with E-state index < -0.39 is 0 Å². The smallest absolute Gasteiger partial charge is 0.317 e. The van der Waals surface area contributed by atoms with Gasteiger partial charge < -0.3 is 19.7 Å². The van der Waals surface area contributed by atoms with Gasteiger partial charge in [-0.15, -0.1) is 10.2 Å². The predicted molar refractivity (Wildman–Crippen MR) is 138 cm³/mol. The minimum Gasteiger partial charge on any atom is -0.490 e. The summed E-state index contributed by atoms with van der Waals surface area (Å²) in [5, 5.41) is 23.3. The number of hydrogen-bond acceptors (Lipinski definition) is 7. The van der Waals surface area contributed by atoms with Crippen LogP contribution in [0.1, 0.15) is 49.4 Å². The molecule has 1 aliphatic heterocycles. The Morgan fingerprint density at radius 1 is 1.22 bits per heavy atom. The third kappa shape index (κ3) is 4.79. The normalized spacial score (nSPS) is 18.8. The number of hydrogen-bond donors (Lipinski definition) is 1. The molecule has 0 radical (unpaired) electrons. The minimum absolute atomic E-state index is 0.0116. The first-order valence-electron chi connectivity index (χ1n) is 12.2. The summed E-state index contributed by atoms with van der Waals surface area (Å²) in [5.74, 6) is 0.571. The lowest BCUT2D eigenvalue weighted by molar-refractivity contribution is 0.110. The number of carbonyl (C=O) groups is 1. The molecule has 2 aliphatic rings. The van der Waals surface area contributed by atoms with Gasteiger partial charge in [0.25, 0.3) is 0 Å². The molecule has 2 unspecified atom stereocenters. The van der Waals surface area contributed by atoms with Gasteiger partial charge in [-0.3, -0.25) is 0 Å². The molecule has 0 saturated carbocycles. The molecular formula is C27H29N5O3S. The molecule has 3 aromatic rings. The third-order valence-corrected chi connectivity index (χ3v) is 7.70. The molecule has 2 heterocycles. The molecule has 186 valence electrons. The standard InChI is InChI=1S/C27H29N5O3S/c1-16(2)35-24-10-7-17(13-18(24)14-28)25-30-31-26(36-25)22-6-4-5-21-20(22)8-9-23(21)29-27(33)32-12-11-19(15-32)34-3/h4-7,10,13,16,19,23H,8-9,11-12,15H2,1-3H3,(H,29,33). The molecule has 36 heavy (non-hydrogen) atoms. The summed E-state index contributed by atoms with van der Waals surface area (Å²) in [7, 11) is 1.69. The van der Waals surface area contributed by atoms with Gasteiger partial charge in [-0.2, -0.15) is 5.26 Å². The number of aromatic nitrogens is 2. The second-order valence-corrected chi connectivity index (χ2v) is 10.4. The van der Waals surface area contributed by atoms with Crippen LogP contribution < -0.4 is 10.1 Å². The van der Waals surface area contributed by atoms with Gasteiger partial charge in [0.1, 0.15) is 21.8 Å². The Kier molecular flexibility index (Phi) is 6.90. The van der Waals surface area contributed by atoms with Crippen molar-refractivity contribution in [1.82, 2.24) is 20.4 Å². The maximum Gasteiger partial charge on any atom is 0.317 e. The Morgan fingerprint density at radius 3 is 2.81 bits per heavy atom. The highest BCUT2D eigenvalue weighted by molar-refractivity contribution is 7.17. The molecular weight excluding hydrogens is 474 g/mol.